The average Bonchev–Trinajstić information content (AvgIpc) is 2.80. The topological polar surface area (TPSA) is 102 Å². The van der Waals surface area contributed by atoms with Gasteiger partial charge >= 0.3 is 0 Å². The fraction of sp³-hybridized carbons (Fsp3) is 0.471. The molecule has 4 atom stereocenters. The molecule has 1 aromatic rings. The molecular formula is C17H24N2O4. The predicted molar refractivity (Wildman–Crippen MR) is 87.5 cm³/mol. The van der Waals surface area contributed by atoms with Gasteiger partial charge in [-0.05, 0) is 12.0 Å². The lowest BCUT2D eigenvalue weighted by Gasteiger charge is -2.32. The second-order valence-corrected chi connectivity index (χ2v) is 5.89. The number of aliphatic hydroxyl groups is 3. The number of nitrogens with one attached hydrogen (secondary N) is 2. The van der Waals surface area contributed by atoms with Gasteiger partial charge in [-0.15, -0.1) is 0 Å². The van der Waals surface area contributed by atoms with E-state index in [2.05, 4.69) is 10.6 Å². The number of amides is 1. The molecule has 0 spiro atoms. The van der Waals surface area contributed by atoms with E-state index in [-0.39, 0.29) is 18.9 Å². The van der Waals surface area contributed by atoms with Crippen molar-refractivity contribution < 1.29 is 20.1 Å². The van der Waals surface area contributed by atoms with E-state index in [1.54, 1.807) is 0 Å². The van der Waals surface area contributed by atoms with Crippen molar-refractivity contribution in [2.45, 2.75) is 36.6 Å². The van der Waals surface area contributed by atoms with Crippen LogP contribution in [0, 0.1) is 0 Å². The molecule has 6 heteroatoms. The highest BCUT2D eigenvalue weighted by Gasteiger charge is 2.52. The fourth-order valence-corrected chi connectivity index (χ4v) is 2.99. The number of benzene rings is 1. The van der Waals surface area contributed by atoms with Crippen molar-refractivity contribution >= 4 is 12.0 Å². The third-order valence-electron chi connectivity index (χ3n) is 4.32. The third-order valence-corrected chi connectivity index (χ3v) is 4.32. The second kappa shape index (κ2) is 7.70. The highest BCUT2D eigenvalue weighted by Crippen LogP contribution is 2.31. The summed E-state index contributed by atoms with van der Waals surface area (Å²) in [5, 5.41) is 35.4. The van der Waals surface area contributed by atoms with Crippen LogP contribution >= 0.6 is 0 Å². The van der Waals surface area contributed by atoms with Gasteiger partial charge in [-0.1, -0.05) is 42.5 Å². The Hall–Kier alpha value is -1.73. The summed E-state index contributed by atoms with van der Waals surface area (Å²) in [6, 6.07) is 9.02. The molecule has 1 heterocycles. The molecule has 1 aliphatic heterocycles. The van der Waals surface area contributed by atoms with Crippen LogP contribution in [0.1, 0.15) is 18.4 Å². The summed E-state index contributed by atoms with van der Waals surface area (Å²) in [7, 11) is 1.52. The molecule has 0 aromatic heterocycles. The van der Waals surface area contributed by atoms with Crippen molar-refractivity contribution in [1.82, 2.24) is 10.6 Å². The molecule has 2 rings (SSSR count). The van der Waals surface area contributed by atoms with E-state index in [0.29, 0.717) is 6.42 Å². The van der Waals surface area contributed by atoms with E-state index >= 15 is 0 Å². The first-order valence-electron chi connectivity index (χ1n) is 7.69. The van der Waals surface area contributed by atoms with E-state index in [1.165, 1.54) is 7.05 Å². The van der Waals surface area contributed by atoms with Crippen molar-refractivity contribution in [3.8, 4) is 0 Å². The van der Waals surface area contributed by atoms with Gasteiger partial charge in [0.15, 0.2) is 0 Å². The highest BCUT2D eigenvalue weighted by molar-refractivity contribution is 5.77. The van der Waals surface area contributed by atoms with Gasteiger partial charge < -0.3 is 26.0 Å². The smallest absolute Gasteiger partial charge is 0.221 e. The zero-order valence-corrected chi connectivity index (χ0v) is 13.1. The normalized spacial score (nSPS) is 30.7. The summed E-state index contributed by atoms with van der Waals surface area (Å²) < 4.78 is 0. The van der Waals surface area contributed by atoms with Crippen LogP contribution in [0.2, 0.25) is 0 Å². The summed E-state index contributed by atoms with van der Waals surface area (Å²) >= 11 is 0. The fourth-order valence-electron chi connectivity index (χ4n) is 2.99. The molecule has 126 valence electrons. The van der Waals surface area contributed by atoms with Crippen LogP contribution in [-0.4, -0.2) is 58.7 Å². The first-order valence-corrected chi connectivity index (χ1v) is 7.69. The maximum Gasteiger partial charge on any atom is 0.221 e. The van der Waals surface area contributed by atoms with E-state index in [0.717, 1.165) is 5.56 Å². The molecule has 1 amide bonds. The van der Waals surface area contributed by atoms with Gasteiger partial charge in [0.25, 0.3) is 0 Å². The van der Waals surface area contributed by atoms with Gasteiger partial charge in [0.05, 0.1) is 24.3 Å². The molecule has 0 saturated carbocycles. The molecule has 0 bridgehead atoms. The summed E-state index contributed by atoms with van der Waals surface area (Å²) in [6.07, 6.45) is 1.87. The van der Waals surface area contributed by atoms with Gasteiger partial charge in [0.1, 0.15) is 6.10 Å². The Balaban J connectivity index is 2.17. The van der Waals surface area contributed by atoms with Crippen molar-refractivity contribution in [1.29, 1.82) is 0 Å². The summed E-state index contributed by atoms with van der Waals surface area (Å²) in [5.74, 6) is -0.240. The largest absolute Gasteiger partial charge is 0.395 e. The molecule has 0 aliphatic carbocycles. The van der Waals surface area contributed by atoms with Crippen molar-refractivity contribution in [3.63, 3.8) is 0 Å². The SMILES string of the molecule is CNC(=O)C[C@@]1(CC=Cc2ccccc2)N[C@H](CO)[C@@H](O)[C@@H]1O. The zero-order valence-electron chi connectivity index (χ0n) is 13.1. The standard InChI is InChI=1S/C17H24N2O4/c1-18-14(21)10-17(16(23)15(22)13(11-20)19-17)9-5-8-12-6-3-2-4-7-12/h2-8,13,15-16,19-20,22-23H,9-11H2,1H3,(H,18,21)/t13-,15-,16+,17-/m1/s1. The van der Waals surface area contributed by atoms with Crippen molar-refractivity contribution in [2.75, 3.05) is 13.7 Å². The molecule has 1 fully saturated rings. The lowest BCUT2D eigenvalue weighted by atomic mass is 9.85. The van der Waals surface area contributed by atoms with Crippen molar-refractivity contribution in [3.05, 3.63) is 42.0 Å². The lowest BCUT2D eigenvalue weighted by Crippen LogP contribution is -2.52. The van der Waals surface area contributed by atoms with E-state index in [1.807, 2.05) is 42.5 Å². The van der Waals surface area contributed by atoms with Crippen LogP contribution in [0.3, 0.4) is 0 Å². The molecular weight excluding hydrogens is 296 g/mol. The minimum atomic E-state index is -1.14. The zero-order chi connectivity index (χ0) is 16.9. The predicted octanol–water partition coefficient (Wildman–Crippen LogP) is -0.349. The lowest BCUT2D eigenvalue weighted by molar-refractivity contribution is -0.123. The first-order chi connectivity index (χ1) is 11.0. The maximum absolute atomic E-state index is 11.8. The monoisotopic (exact) mass is 320 g/mol. The Kier molecular flexibility index (Phi) is 5.90. The van der Waals surface area contributed by atoms with Crippen LogP contribution in [0.25, 0.3) is 6.08 Å². The highest BCUT2D eigenvalue weighted by atomic mass is 16.3. The Morgan fingerprint density at radius 2 is 2.04 bits per heavy atom. The second-order valence-electron chi connectivity index (χ2n) is 5.89. The summed E-state index contributed by atoms with van der Waals surface area (Å²) in [4.78, 5) is 11.8. The van der Waals surface area contributed by atoms with Crippen LogP contribution in [-0.2, 0) is 4.79 Å². The number of aliphatic hydroxyl groups excluding tert-OH is 3. The van der Waals surface area contributed by atoms with Crippen molar-refractivity contribution in [2.24, 2.45) is 0 Å². The van der Waals surface area contributed by atoms with Gasteiger partial charge in [0, 0.05) is 13.5 Å². The molecule has 23 heavy (non-hydrogen) atoms. The van der Waals surface area contributed by atoms with Gasteiger partial charge in [-0.3, -0.25) is 4.79 Å². The van der Waals surface area contributed by atoms with Crippen LogP contribution in [0.4, 0.5) is 0 Å². The van der Waals surface area contributed by atoms with Gasteiger partial charge in [-0.2, -0.15) is 0 Å². The molecule has 0 radical (unpaired) electrons. The molecule has 6 nitrogen and oxygen atoms in total. The molecule has 1 saturated heterocycles. The quantitative estimate of drug-likeness (QED) is 0.493. The number of hydrogen-bond acceptors (Lipinski definition) is 5. The average molecular weight is 320 g/mol. The minimum Gasteiger partial charge on any atom is -0.395 e. The van der Waals surface area contributed by atoms with Crippen LogP contribution < -0.4 is 10.6 Å². The summed E-state index contributed by atoms with van der Waals surface area (Å²) in [5.41, 5.74) is 0.00685. The molecule has 0 unspecified atom stereocenters. The molecule has 1 aromatic carbocycles. The Morgan fingerprint density at radius 3 is 2.61 bits per heavy atom. The Bertz CT molecular complexity index is 549. The van der Waals surface area contributed by atoms with E-state index in [9.17, 15) is 20.1 Å². The molecule has 5 N–H and O–H groups in total. The van der Waals surface area contributed by atoms with Crippen LogP contribution in [0.5, 0.6) is 0 Å². The first kappa shape index (κ1) is 17.6. The molecule has 1 aliphatic rings. The number of carbonyl (C=O) groups is 1. The summed E-state index contributed by atoms with van der Waals surface area (Å²) in [6.45, 7) is -0.309. The van der Waals surface area contributed by atoms with E-state index in [4.69, 9.17) is 0 Å². The van der Waals surface area contributed by atoms with E-state index < -0.39 is 23.8 Å². The van der Waals surface area contributed by atoms with Gasteiger partial charge in [-0.25, -0.2) is 0 Å². The number of rotatable bonds is 6. The number of carbonyl (C=O) groups excluding carboxylic acids is 1. The third kappa shape index (κ3) is 3.97. The Morgan fingerprint density at radius 1 is 1.35 bits per heavy atom. The maximum atomic E-state index is 11.8. The Labute approximate surface area is 135 Å². The minimum absolute atomic E-state index is 0.0113. The van der Waals surface area contributed by atoms with Gasteiger partial charge in [0.2, 0.25) is 5.91 Å². The van der Waals surface area contributed by atoms with Crippen LogP contribution in [0.15, 0.2) is 36.4 Å². The number of hydrogen-bond donors (Lipinski definition) is 5.